The van der Waals surface area contributed by atoms with Gasteiger partial charge >= 0.3 is 5.97 Å². The number of thioether (sulfide) groups is 1. The van der Waals surface area contributed by atoms with Crippen molar-refractivity contribution in [2.75, 3.05) is 31.2 Å². The maximum Gasteiger partial charge on any atom is 0.329 e. The van der Waals surface area contributed by atoms with Crippen LogP contribution in [0.4, 0.5) is 0 Å². The molecule has 1 aliphatic heterocycles. The Labute approximate surface area is 119 Å². The Morgan fingerprint density at radius 2 is 2.21 bits per heavy atom. The predicted molar refractivity (Wildman–Crippen MR) is 77.2 cm³/mol. The van der Waals surface area contributed by atoms with Gasteiger partial charge in [-0.25, -0.2) is 4.79 Å². The van der Waals surface area contributed by atoms with Gasteiger partial charge in [-0.15, -0.1) is 0 Å². The smallest absolute Gasteiger partial charge is 0.329 e. The van der Waals surface area contributed by atoms with Gasteiger partial charge in [0.15, 0.2) is 0 Å². The number of esters is 1. The Morgan fingerprint density at radius 3 is 2.84 bits per heavy atom. The molecule has 1 fully saturated rings. The number of amides is 1. The van der Waals surface area contributed by atoms with E-state index in [2.05, 4.69) is 5.32 Å². The Bertz CT molecular complexity index is 310. The largest absolute Gasteiger partial charge is 0.464 e. The molecule has 110 valence electrons. The first kappa shape index (κ1) is 16.3. The van der Waals surface area contributed by atoms with Crippen molar-refractivity contribution in [1.82, 2.24) is 10.2 Å². The second-order valence-electron chi connectivity index (χ2n) is 4.79. The van der Waals surface area contributed by atoms with Gasteiger partial charge in [-0.1, -0.05) is 13.8 Å². The molecule has 0 spiro atoms. The number of carbonyl (C=O) groups is 2. The highest BCUT2D eigenvalue weighted by atomic mass is 32.2. The third-order valence-electron chi connectivity index (χ3n) is 2.90. The molecule has 1 amide bonds. The van der Waals surface area contributed by atoms with Crippen molar-refractivity contribution in [3.63, 3.8) is 0 Å². The maximum absolute atomic E-state index is 12.2. The van der Waals surface area contributed by atoms with Crippen molar-refractivity contribution < 1.29 is 14.3 Å². The predicted octanol–water partition coefficient (Wildman–Crippen LogP) is 0.882. The number of carbonyl (C=O) groups excluding carboxylic acids is 2. The number of nitrogens with one attached hydrogen (secondary N) is 1. The molecule has 0 saturated carbocycles. The highest BCUT2D eigenvalue weighted by molar-refractivity contribution is 7.99. The highest BCUT2D eigenvalue weighted by Crippen LogP contribution is 2.18. The third-order valence-corrected chi connectivity index (χ3v) is 3.92. The standard InChI is InChI=1S/C13H24N2O3S/c1-4-18-13(17)11-9-19-8-7-15(11)12(16)5-6-14-10(2)3/h10-11,14H,4-9H2,1-3H3. The van der Waals surface area contributed by atoms with Crippen LogP contribution in [-0.2, 0) is 14.3 Å². The van der Waals surface area contributed by atoms with Crippen LogP contribution in [0, 0.1) is 0 Å². The number of hydrogen-bond acceptors (Lipinski definition) is 5. The summed E-state index contributed by atoms with van der Waals surface area (Å²) in [6.07, 6.45) is 0.429. The van der Waals surface area contributed by atoms with E-state index in [4.69, 9.17) is 4.74 Å². The number of nitrogens with zero attached hydrogens (tertiary/aromatic N) is 1. The highest BCUT2D eigenvalue weighted by Gasteiger charge is 2.33. The van der Waals surface area contributed by atoms with E-state index in [1.807, 2.05) is 13.8 Å². The first-order valence-corrected chi connectivity index (χ1v) is 7.99. The van der Waals surface area contributed by atoms with E-state index >= 15 is 0 Å². The van der Waals surface area contributed by atoms with Crippen LogP contribution in [-0.4, -0.2) is 60.1 Å². The first-order chi connectivity index (χ1) is 9.06. The molecule has 1 N–H and O–H groups in total. The Morgan fingerprint density at radius 1 is 1.47 bits per heavy atom. The lowest BCUT2D eigenvalue weighted by atomic mass is 10.2. The van der Waals surface area contributed by atoms with Crippen molar-refractivity contribution in [2.24, 2.45) is 0 Å². The van der Waals surface area contributed by atoms with Crippen molar-refractivity contribution in [1.29, 1.82) is 0 Å². The molecular weight excluding hydrogens is 264 g/mol. The molecule has 6 heteroatoms. The normalized spacial score (nSPS) is 19.6. The molecule has 1 heterocycles. The van der Waals surface area contributed by atoms with Gasteiger partial charge < -0.3 is 15.0 Å². The van der Waals surface area contributed by atoms with Gasteiger partial charge in [0.1, 0.15) is 6.04 Å². The fourth-order valence-corrected chi connectivity index (χ4v) is 2.98. The van der Waals surface area contributed by atoms with Crippen molar-refractivity contribution in [2.45, 2.75) is 39.3 Å². The van der Waals surface area contributed by atoms with Gasteiger partial charge in [-0.3, -0.25) is 4.79 Å². The molecule has 1 rings (SSSR count). The van der Waals surface area contributed by atoms with Gasteiger partial charge in [-0.2, -0.15) is 11.8 Å². The summed E-state index contributed by atoms with van der Waals surface area (Å²) in [7, 11) is 0. The van der Waals surface area contributed by atoms with Crippen LogP contribution in [0.15, 0.2) is 0 Å². The van der Waals surface area contributed by atoms with E-state index in [0.717, 1.165) is 5.75 Å². The van der Waals surface area contributed by atoms with E-state index in [1.165, 1.54) is 0 Å². The molecule has 0 aromatic heterocycles. The van der Waals surface area contributed by atoms with Crippen molar-refractivity contribution in [3.05, 3.63) is 0 Å². The van der Waals surface area contributed by atoms with Gasteiger partial charge in [-0.05, 0) is 6.92 Å². The molecule has 0 aromatic carbocycles. The average molecular weight is 288 g/mol. The van der Waals surface area contributed by atoms with Gasteiger partial charge in [0.25, 0.3) is 0 Å². The second-order valence-corrected chi connectivity index (χ2v) is 5.94. The molecule has 5 nitrogen and oxygen atoms in total. The van der Waals surface area contributed by atoms with Crippen LogP contribution in [0.25, 0.3) is 0 Å². The molecule has 1 aliphatic rings. The minimum atomic E-state index is -0.412. The minimum Gasteiger partial charge on any atom is -0.464 e. The van der Waals surface area contributed by atoms with Crippen LogP contribution >= 0.6 is 11.8 Å². The summed E-state index contributed by atoms with van der Waals surface area (Å²) in [5.41, 5.74) is 0. The topological polar surface area (TPSA) is 58.6 Å². The van der Waals surface area contributed by atoms with Gasteiger partial charge in [0, 0.05) is 37.1 Å². The molecular formula is C13H24N2O3S. The van der Waals surface area contributed by atoms with E-state index in [-0.39, 0.29) is 11.9 Å². The van der Waals surface area contributed by atoms with Crippen LogP contribution in [0.2, 0.25) is 0 Å². The monoisotopic (exact) mass is 288 g/mol. The summed E-state index contributed by atoms with van der Waals surface area (Å²) in [5, 5.41) is 3.22. The molecule has 1 saturated heterocycles. The van der Waals surface area contributed by atoms with Gasteiger partial charge in [0.05, 0.1) is 6.61 Å². The van der Waals surface area contributed by atoms with E-state index in [0.29, 0.717) is 37.9 Å². The Balaban J connectivity index is 2.51. The summed E-state index contributed by atoms with van der Waals surface area (Å²) < 4.78 is 5.04. The summed E-state index contributed by atoms with van der Waals surface area (Å²) in [6, 6.07) is -0.0455. The van der Waals surface area contributed by atoms with Crippen molar-refractivity contribution >= 4 is 23.6 Å². The number of rotatable bonds is 6. The quantitative estimate of drug-likeness (QED) is 0.735. The lowest BCUT2D eigenvalue weighted by Gasteiger charge is -2.33. The number of hydrogen-bond donors (Lipinski definition) is 1. The average Bonchev–Trinajstić information content (AvgIpc) is 2.38. The van der Waals surface area contributed by atoms with E-state index in [1.54, 1.807) is 23.6 Å². The van der Waals surface area contributed by atoms with E-state index < -0.39 is 6.04 Å². The lowest BCUT2D eigenvalue weighted by Crippen LogP contribution is -2.51. The van der Waals surface area contributed by atoms with Crippen LogP contribution in [0.1, 0.15) is 27.2 Å². The fourth-order valence-electron chi connectivity index (χ4n) is 1.95. The summed E-state index contributed by atoms with van der Waals surface area (Å²) in [6.45, 7) is 7.51. The third kappa shape index (κ3) is 5.40. The zero-order chi connectivity index (χ0) is 14.3. The Hall–Kier alpha value is -0.750. The molecule has 1 atom stereocenters. The van der Waals surface area contributed by atoms with Crippen molar-refractivity contribution in [3.8, 4) is 0 Å². The molecule has 0 aliphatic carbocycles. The maximum atomic E-state index is 12.2. The lowest BCUT2D eigenvalue weighted by molar-refractivity contribution is -0.153. The molecule has 1 unspecified atom stereocenters. The van der Waals surface area contributed by atoms with Crippen LogP contribution in [0.5, 0.6) is 0 Å². The SMILES string of the molecule is CCOC(=O)C1CSCCN1C(=O)CCNC(C)C. The number of ether oxygens (including phenoxy) is 1. The zero-order valence-electron chi connectivity index (χ0n) is 12.0. The minimum absolute atomic E-state index is 0.0338. The van der Waals surface area contributed by atoms with E-state index in [9.17, 15) is 9.59 Å². The summed E-state index contributed by atoms with van der Waals surface area (Å²) in [5.74, 6) is 1.29. The fraction of sp³-hybridized carbons (Fsp3) is 0.846. The second kappa shape index (κ2) is 8.43. The van der Waals surface area contributed by atoms with Crippen LogP contribution in [0.3, 0.4) is 0 Å². The summed E-state index contributed by atoms with van der Waals surface area (Å²) >= 11 is 1.70. The van der Waals surface area contributed by atoms with Gasteiger partial charge in [0.2, 0.25) is 5.91 Å². The van der Waals surface area contributed by atoms with Crippen LogP contribution < -0.4 is 5.32 Å². The zero-order valence-corrected chi connectivity index (χ0v) is 12.8. The molecule has 0 aromatic rings. The molecule has 0 bridgehead atoms. The summed E-state index contributed by atoms with van der Waals surface area (Å²) in [4.78, 5) is 25.7. The molecule has 0 radical (unpaired) electrons. The first-order valence-electron chi connectivity index (χ1n) is 6.83. The molecule has 19 heavy (non-hydrogen) atoms. The Kier molecular flexibility index (Phi) is 7.23.